The summed E-state index contributed by atoms with van der Waals surface area (Å²) in [5.74, 6) is 0.275. The van der Waals surface area contributed by atoms with Crippen molar-refractivity contribution in [2.24, 2.45) is 0 Å². The predicted octanol–water partition coefficient (Wildman–Crippen LogP) is 4.48. The van der Waals surface area contributed by atoms with Crippen LogP contribution in [0.2, 0.25) is 5.02 Å². The molecule has 0 radical (unpaired) electrons. The quantitative estimate of drug-likeness (QED) is 0.675. The Bertz CT molecular complexity index is 921. The van der Waals surface area contributed by atoms with Crippen molar-refractivity contribution in [2.45, 2.75) is 33.4 Å². The summed E-state index contributed by atoms with van der Waals surface area (Å²) in [5.41, 5.74) is 1.90. The second-order valence-electron chi connectivity index (χ2n) is 6.26. The zero-order valence-electron chi connectivity index (χ0n) is 15.8. The minimum absolute atomic E-state index is 0.264. The van der Waals surface area contributed by atoms with E-state index in [-0.39, 0.29) is 12.6 Å². The van der Waals surface area contributed by atoms with Crippen molar-refractivity contribution in [1.29, 1.82) is 0 Å². The zero-order chi connectivity index (χ0) is 20.3. The lowest BCUT2D eigenvalue weighted by Gasteiger charge is -2.27. The molecule has 6 nitrogen and oxygen atoms in total. The van der Waals surface area contributed by atoms with E-state index in [1.165, 1.54) is 11.3 Å². The summed E-state index contributed by atoms with van der Waals surface area (Å²) in [5, 5.41) is 6.11. The van der Waals surface area contributed by atoms with Gasteiger partial charge in [-0.1, -0.05) is 11.6 Å². The highest BCUT2D eigenvalue weighted by atomic mass is 35.5. The summed E-state index contributed by atoms with van der Waals surface area (Å²) in [6.07, 6.45) is 0. The van der Waals surface area contributed by atoms with Gasteiger partial charge in [-0.2, -0.15) is 0 Å². The van der Waals surface area contributed by atoms with Crippen LogP contribution in [-0.4, -0.2) is 18.6 Å². The molecule has 2 amide bonds. The molecule has 1 atom stereocenters. The summed E-state index contributed by atoms with van der Waals surface area (Å²) in [6, 6.07) is 8.21. The van der Waals surface area contributed by atoms with Crippen LogP contribution in [0, 0.1) is 6.92 Å². The third-order valence-corrected chi connectivity index (χ3v) is 5.71. The Morgan fingerprint density at radius 1 is 1.25 bits per heavy atom. The fourth-order valence-corrected chi connectivity index (χ4v) is 4.13. The molecule has 8 heteroatoms. The molecule has 1 aromatic heterocycles. The second kappa shape index (κ2) is 8.67. The van der Waals surface area contributed by atoms with Crippen molar-refractivity contribution < 1.29 is 19.1 Å². The maximum Gasteiger partial charge on any atom is 0.338 e. The molecule has 0 spiro atoms. The molecule has 0 saturated heterocycles. The van der Waals surface area contributed by atoms with Gasteiger partial charge in [-0.05, 0) is 51.1 Å². The zero-order valence-corrected chi connectivity index (χ0v) is 17.4. The van der Waals surface area contributed by atoms with E-state index in [1.54, 1.807) is 26.0 Å². The molecule has 0 fully saturated rings. The van der Waals surface area contributed by atoms with Crippen molar-refractivity contribution in [3.05, 3.63) is 61.9 Å². The number of esters is 1. The number of thiophene rings is 1. The Labute approximate surface area is 172 Å². The van der Waals surface area contributed by atoms with E-state index in [2.05, 4.69) is 10.6 Å². The molecular weight excluding hydrogens is 400 g/mol. The third kappa shape index (κ3) is 4.48. The van der Waals surface area contributed by atoms with E-state index in [0.717, 1.165) is 21.1 Å². The maximum absolute atomic E-state index is 12.4. The normalized spacial score (nSPS) is 16.4. The second-order valence-corrected chi connectivity index (χ2v) is 7.99. The van der Waals surface area contributed by atoms with Crippen molar-refractivity contribution in [3.8, 4) is 5.75 Å². The summed E-state index contributed by atoms with van der Waals surface area (Å²) in [7, 11) is 0. The van der Waals surface area contributed by atoms with Crippen LogP contribution >= 0.6 is 22.9 Å². The number of ether oxygens (including phenoxy) is 2. The highest BCUT2D eigenvalue weighted by molar-refractivity contribution is 7.12. The van der Waals surface area contributed by atoms with Crippen LogP contribution < -0.4 is 15.4 Å². The molecule has 1 aliphatic heterocycles. The lowest BCUT2D eigenvalue weighted by Crippen LogP contribution is -2.45. The van der Waals surface area contributed by atoms with Crippen molar-refractivity contribution in [1.82, 2.24) is 10.6 Å². The van der Waals surface area contributed by atoms with E-state index in [0.29, 0.717) is 22.9 Å². The van der Waals surface area contributed by atoms with Gasteiger partial charge in [-0.3, -0.25) is 0 Å². The van der Waals surface area contributed by atoms with Crippen LogP contribution in [0.25, 0.3) is 0 Å². The maximum atomic E-state index is 12.4. The molecule has 0 bridgehead atoms. The van der Waals surface area contributed by atoms with Crippen molar-refractivity contribution in [2.75, 3.05) is 6.61 Å². The lowest BCUT2D eigenvalue weighted by atomic mass is 10.0. The predicted molar refractivity (Wildman–Crippen MR) is 109 cm³/mol. The summed E-state index contributed by atoms with van der Waals surface area (Å²) < 4.78 is 11.0. The molecule has 0 aliphatic carbocycles. The van der Waals surface area contributed by atoms with Crippen molar-refractivity contribution in [3.63, 3.8) is 0 Å². The largest absolute Gasteiger partial charge is 0.489 e. The first kappa shape index (κ1) is 20.2. The standard InChI is InChI=1S/C20H21ClN2O4S/c1-4-26-19(24)17-11(2)22-20(25)23-18(17)16-9-13(12(3)28-16)10-27-15-7-5-14(21)6-8-15/h5-9,18H,4,10H2,1-3H3,(H2,22,23,25). The number of hydrogen-bond donors (Lipinski definition) is 2. The monoisotopic (exact) mass is 420 g/mol. The Morgan fingerprint density at radius 2 is 1.96 bits per heavy atom. The van der Waals surface area contributed by atoms with E-state index >= 15 is 0 Å². The number of carbonyl (C=O) groups is 2. The number of benzene rings is 1. The van der Waals surface area contributed by atoms with Crippen LogP contribution in [0.3, 0.4) is 0 Å². The van der Waals surface area contributed by atoms with Crippen LogP contribution in [-0.2, 0) is 16.1 Å². The van der Waals surface area contributed by atoms with E-state index in [9.17, 15) is 9.59 Å². The Kier molecular flexibility index (Phi) is 6.26. The van der Waals surface area contributed by atoms with E-state index < -0.39 is 12.0 Å². The lowest BCUT2D eigenvalue weighted by molar-refractivity contribution is -0.139. The van der Waals surface area contributed by atoms with Gasteiger partial charge in [-0.15, -0.1) is 11.3 Å². The smallest absolute Gasteiger partial charge is 0.338 e. The topological polar surface area (TPSA) is 76.7 Å². The molecule has 28 heavy (non-hydrogen) atoms. The van der Waals surface area contributed by atoms with Crippen LogP contribution in [0.4, 0.5) is 4.79 Å². The molecular formula is C20H21ClN2O4S. The first-order valence-electron chi connectivity index (χ1n) is 8.82. The SMILES string of the molecule is CCOC(=O)C1=C(C)NC(=O)NC1c1cc(COc2ccc(Cl)cc2)c(C)s1. The van der Waals surface area contributed by atoms with E-state index in [4.69, 9.17) is 21.1 Å². The fourth-order valence-electron chi connectivity index (χ4n) is 2.91. The Morgan fingerprint density at radius 3 is 2.64 bits per heavy atom. The number of allylic oxidation sites excluding steroid dienone is 1. The fraction of sp³-hybridized carbons (Fsp3) is 0.300. The number of amides is 2. The molecule has 0 saturated carbocycles. The Hall–Kier alpha value is -2.51. The van der Waals surface area contributed by atoms with Crippen LogP contribution in [0.1, 0.15) is 35.2 Å². The van der Waals surface area contributed by atoms with Gasteiger partial charge in [0.15, 0.2) is 0 Å². The first-order valence-corrected chi connectivity index (χ1v) is 10.0. The van der Waals surface area contributed by atoms with Gasteiger partial charge in [0.1, 0.15) is 12.4 Å². The molecule has 2 heterocycles. The number of nitrogens with one attached hydrogen (secondary N) is 2. The number of rotatable bonds is 6. The average molecular weight is 421 g/mol. The van der Waals surface area contributed by atoms with Crippen LogP contribution in [0.15, 0.2) is 41.6 Å². The number of hydrogen-bond acceptors (Lipinski definition) is 5. The van der Waals surface area contributed by atoms with Gasteiger partial charge >= 0.3 is 12.0 Å². The number of halogens is 1. The minimum Gasteiger partial charge on any atom is -0.489 e. The van der Waals surface area contributed by atoms with Gasteiger partial charge < -0.3 is 20.1 Å². The number of aryl methyl sites for hydroxylation is 1. The summed E-state index contributed by atoms with van der Waals surface area (Å²) in [6.45, 7) is 6.07. The molecule has 3 rings (SSSR count). The van der Waals surface area contributed by atoms with Gasteiger partial charge in [0.2, 0.25) is 0 Å². The molecule has 2 N–H and O–H groups in total. The van der Waals surface area contributed by atoms with E-state index in [1.807, 2.05) is 25.1 Å². The van der Waals surface area contributed by atoms with Crippen LogP contribution in [0.5, 0.6) is 5.75 Å². The summed E-state index contributed by atoms with van der Waals surface area (Å²) in [4.78, 5) is 26.3. The van der Waals surface area contributed by atoms with Gasteiger partial charge in [0.05, 0.1) is 18.2 Å². The molecule has 1 aliphatic rings. The minimum atomic E-state index is -0.555. The summed E-state index contributed by atoms with van der Waals surface area (Å²) >= 11 is 7.41. The number of urea groups is 1. The number of carbonyl (C=O) groups excluding carboxylic acids is 2. The highest BCUT2D eigenvalue weighted by Crippen LogP contribution is 2.34. The van der Waals surface area contributed by atoms with Gasteiger partial charge in [0, 0.05) is 26.0 Å². The Balaban J connectivity index is 1.83. The molecule has 2 aromatic rings. The van der Waals surface area contributed by atoms with Crippen molar-refractivity contribution >= 4 is 34.9 Å². The van der Waals surface area contributed by atoms with Gasteiger partial charge in [0.25, 0.3) is 0 Å². The van der Waals surface area contributed by atoms with Gasteiger partial charge in [-0.25, -0.2) is 9.59 Å². The molecule has 148 valence electrons. The molecule has 1 unspecified atom stereocenters. The third-order valence-electron chi connectivity index (χ3n) is 4.30. The molecule has 1 aromatic carbocycles. The first-order chi connectivity index (χ1) is 13.4. The highest BCUT2D eigenvalue weighted by Gasteiger charge is 2.33. The average Bonchev–Trinajstić information content (AvgIpc) is 3.01.